The van der Waals surface area contributed by atoms with E-state index in [1.165, 1.54) is 12.0 Å². The molecule has 0 amide bonds. The summed E-state index contributed by atoms with van der Waals surface area (Å²) in [6.45, 7) is 0. The topological polar surface area (TPSA) is 72.5 Å². The van der Waals surface area contributed by atoms with E-state index in [-0.39, 0.29) is 30.6 Å². The molecule has 5 nitrogen and oxygen atoms in total. The lowest BCUT2D eigenvalue weighted by Crippen LogP contribution is -2.32. The van der Waals surface area contributed by atoms with Gasteiger partial charge in [-0.3, -0.25) is 4.79 Å². The molecule has 0 saturated heterocycles. The Hall–Kier alpha value is -0.920. The first-order valence-corrected chi connectivity index (χ1v) is 9.18. The summed E-state index contributed by atoms with van der Waals surface area (Å²) in [7, 11) is -2.06. The molecule has 1 aromatic heterocycles. The highest BCUT2D eigenvalue weighted by molar-refractivity contribution is 7.89. The van der Waals surface area contributed by atoms with Crippen molar-refractivity contribution in [1.29, 1.82) is 0 Å². The van der Waals surface area contributed by atoms with Crippen LogP contribution in [0.15, 0.2) is 11.4 Å². The second-order valence-electron chi connectivity index (χ2n) is 4.86. The van der Waals surface area contributed by atoms with Gasteiger partial charge < -0.3 is 4.74 Å². The molecule has 112 valence electrons. The third-order valence-electron chi connectivity index (χ3n) is 3.40. The second-order valence-corrected chi connectivity index (χ2v) is 7.73. The molecule has 0 aliphatic heterocycles. The van der Waals surface area contributed by atoms with E-state index in [1.54, 1.807) is 11.3 Å². The Morgan fingerprint density at radius 1 is 1.55 bits per heavy atom. The second kappa shape index (κ2) is 6.69. The Balaban J connectivity index is 1.91. The molecule has 0 fully saturated rings. The Morgan fingerprint density at radius 3 is 3.10 bits per heavy atom. The van der Waals surface area contributed by atoms with Crippen LogP contribution in [0, 0.1) is 0 Å². The maximum atomic E-state index is 12.0. The number of thiophene rings is 1. The van der Waals surface area contributed by atoms with E-state index in [2.05, 4.69) is 9.46 Å². The minimum Gasteiger partial charge on any atom is -0.469 e. The molecule has 1 heterocycles. The molecule has 0 saturated carbocycles. The van der Waals surface area contributed by atoms with Crippen LogP contribution in [-0.4, -0.2) is 27.2 Å². The molecule has 1 aromatic rings. The van der Waals surface area contributed by atoms with Gasteiger partial charge in [0.15, 0.2) is 0 Å². The van der Waals surface area contributed by atoms with Crippen LogP contribution in [0.1, 0.15) is 42.2 Å². The van der Waals surface area contributed by atoms with Crippen LogP contribution in [0.25, 0.3) is 0 Å². The number of nitrogens with one attached hydrogen (secondary N) is 1. The molecule has 20 heavy (non-hydrogen) atoms. The van der Waals surface area contributed by atoms with Crippen molar-refractivity contribution in [1.82, 2.24) is 4.72 Å². The number of hydrogen-bond donors (Lipinski definition) is 1. The Kier molecular flexibility index (Phi) is 5.17. The average molecular weight is 317 g/mol. The monoisotopic (exact) mass is 317 g/mol. The summed E-state index contributed by atoms with van der Waals surface area (Å²) in [5, 5.41) is 2.01. The highest BCUT2D eigenvalue weighted by atomic mass is 32.2. The molecule has 0 spiro atoms. The van der Waals surface area contributed by atoms with Gasteiger partial charge in [-0.15, -0.1) is 11.3 Å². The molecule has 0 bridgehead atoms. The van der Waals surface area contributed by atoms with Crippen molar-refractivity contribution in [3.63, 3.8) is 0 Å². The summed E-state index contributed by atoms with van der Waals surface area (Å²) in [4.78, 5) is 12.3. The average Bonchev–Trinajstić information content (AvgIpc) is 2.87. The fourth-order valence-electron chi connectivity index (χ4n) is 2.39. The van der Waals surface area contributed by atoms with E-state index in [4.69, 9.17) is 0 Å². The van der Waals surface area contributed by atoms with Gasteiger partial charge >= 0.3 is 5.97 Å². The first-order chi connectivity index (χ1) is 9.52. The van der Waals surface area contributed by atoms with Gasteiger partial charge in [-0.05, 0) is 42.7 Å². The van der Waals surface area contributed by atoms with Gasteiger partial charge in [-0.1, -0.05) is 0 Å². The number of aryl methyl sites for hydroxylation is 1. The lowest BCUT2D eigenvalue weighted by atomic mass is 9.95. The summed E-state index contributed by atoms with van der Waals surface area (Å²) in [6, 6.07) is 1.88. The van der Waals surface area contributed by atoms with E-state index in [0.717, 1.165) is 24.8 Å². The number of carbonyl (C=O) groups excluding carboxylic acids is 1. The number of esters is 1. The van der Waals surface area contributed by atoms with Crippen molar-refractivity contribution < 1.29 is 17.9 Å². The third-order valence-corrected chi connectivity index (χ3v) is 5.86. The predicted octanol–water partition coefficient (Wildman–Crippen LogP) is 2.00. The SMILES string of the molecule is COC(=O)CCCS(=O)(=O)NC1CCCc2sccc21. The number of hydrogen-bond acceptors (Lipinski definition) is 5. The van der Waals surface area contributed by atoms with Crippen molar-refractivity contribution in [3.8, 4) is 0 Å². The van der Waals surface area contributed by atoms with Crippen LogP contribution in [0.3, 0.4) is 0 Å². The van der Waals surface area contributed by atoms with Gasteiger partial charge in [-0.25, -0.2) is 13.1 Å². The lowest BCUT2D eigenvalue weighted by molar-refractivity contribution is -0.140. The van der Waals surface area contributed by atoms with Gasteiger partial charge in [-0.2, -0.15) is 0 Å². The molecule has 2 rings (SSSR count). The zero-order valence-corrected chi connectivity index (χ0v) is 13.1. The standard InChI is InChI=1S/C13H19NO4S2/c1-18-13(15)6-3-9-20(16,17)14-11-4-2-5-12-10(11)7-8-19-12/h7-8,11,14H,2-6,9H2,1H3. The smallest absolute Gasteiger partial charge is 0.305 e. The summed E-state index contributed by atoms with van der Waals surface area (Å²) < 4.78 is 31.3. The Labute approximate surface area is 123 Å². The van der Waals surface area contributed by atoms with Crippen molar-refractivity contribution in [2.75, 3.05) is 12.9 Å². The van der Waals surface area contributed by atoms with Crippen LogP contribution >= 0.6 is 11.3 Å². The number of fused-ring (bicyclic) bond motifs is 1. The highest BCUT2D eigenvalue weighted by Crippen LogP contribution is 2.33. The van der Waals surface area contributed by atoms with Gasteiger partial charge in [0, 0.05) is 17.3 Å². The van der Waals surface area contributed by atoms with Crippen LogP contribution in [-0.2, 0) is 26.0 Å². The summed E-state index contributed by atoms with van der Waals surface area (Å²) >= 11 is 1.68. The first-order valence-electron chi connectivity index (χ1n) is 6.65. The summed E-state index contributed by atoms with van der Waals surface area (Å²) in [6.07, 6.45) is 3.29. The Bertz CT molecular complexity index is 565. The van der Waals surface area contributed by atoms with Crippen molar-refractivity contribution >= 4 is 27.3 Å². The fraction of sp³-hybridized carbons (Fsp3) is 0.615. The Morgan fingerprint density at radius 2 is 2.35 bits per heavy atom. The summed E-state index contributed by atoms with van der Waals surface area (Å²) in [5.74, 6) is -0.420. The van der Waals surface area contributed by atoms with Crippen molar-refractivity contribution in [2.45, 2.75) is 38.1 Å². The van der Waals surface area contributed by atoms with Gasteiger partial charge in [0.25, 0.3) is 0 Å². The van der Waals surface area contributed by atoms with Crippen LogP contribution < -0.4 is 4.72 Å². The lowest BCUT2D eigenvalue weighted by Gasteiger charge is -2.23. The van der Waals surface area contributed by atoms with Crippen LogP contribution in [0.2, 0.25) is 0 Å². The number of methoxy groups -OCH3 is 1. The maximum Gasteiger partial charge on any atom is 0.305 e. The molecule has 1 N–H and O–H groups in total. The normalized spacial score (nSPS) is 18.6. The molecular weight excluding hydrogens is 298 g/mol. The number of sulfonamides is 1. The minimum atomic E-state index is -3.36. The first kappa shape index (κ1) is 15.5. The van der Waals surface area contributed by atoms with Crippen LogP contribution in [0.5, 0.6) is 0 Å². The predicted molar refractivity (Wildman–Crippen MR) is 78.2 cm³/mol. The minimum absolute atomic E-state index is 0.0436. The zero-order chi connectivity index (χ0) is 14.6. The highest BCUT2D eigenvalue weighted by Gasteiger charge is 2.25. The molecule has 1 unspecified atom stereocenters. The fourth-order valence-corrected chi connectivity index (χ4v) is 4.70. The molecular formula is C13H19NO4S2. The van der Waals surface area contributed by atoms with Gasteiger partial charge in [0.2, 0.25) is 10.0 Å². The van der Waals surface area contributed by atoms with Gasteiger partial charge in [0.1, 0.15) is 0 Å². The van der Waals surface area contributed by atoms with Crippen LogP contribution in [0.4, 0.5) is 0 Å². The summed E-state index contributed by atoms with van der Waals surface area (Å²) in [5.41, 5.74) is 1.11. The van der Waals surface area contributed by atoms with Crippen molar-refractivity contribution in [3.05, 3.63) is 21.9 Å². The molecule has 1 aliphatic carbocycles. The van der Waals surface area contributed by atoms with Crippen molar-refractivity contribution in [2.24, 2.45) is 0 Å². The quantitative estimate of drug-likeness (QED) is 0.815. The molecule has 7 heteroatoms. The largest absolute Gasteiger partial charge is 0.469 e. The third kappa shape index (κ3) is 4.04. The number of rotatable bonds is 6. The van der Waals surface area contributed by atoms with Gasteiger partial charge in [0.05, 0.1) is 12.9 Å². The molecule has 1 aliphatic rings. The molecule has 0 aromatic carbocycles. The van der Waals surface area contributed by atoms with E-state index >= 15 is 0 Å². The van der Waals surface area contributed by atoms with E-state index in [0.29, 0.717) is 0 Å². The van der Waals surface area contributed by atoms with E-state index < -0.39 is 10.0 Å². The number of ether oxygens (including phenoxy) is 1. The zero-order valence-electron chi connectivity index (χ0n) is 11.4. The molecule has 0 radical (unpaired) electrons. The molecule has 1 atom stereocenters. The van der Waals surface area contributed by atoms with E-state index in [9.17, 15) is 13.2 Å². The maximum absolute atomic E-state index is 12.0. The van der Waals surface area contributed by atoms with E-state index in [1.807, 2.05) is 11.4 Å². The number of carbonyl (C=O) groups is 1.